The molecule has 1 N–H and O–H groups in total. The molecule has 2 aliphatic rings. The smallest absolute Gasteiger partial charge is 0.337 e. The number of methoxy groups -OCH3 is 1. The highest BCUT2D eigenvalue weighted by molar-refractivity contribution is 6.30. The topological polar surface area (TPSA) is 71.6 Å². The molecular weight excluding hydrogens is 404 g/mol. The molecule has 0 saturated carbocycles. The van der Waals surface area contributed by atoms with Crippen LogP contribution in [0.3, 0.4) is 0 Å². The van der Waals surface area contributed by atoms with Crippen molar-refractivity contribution in [3.8, 4) is 5.75 Å². The second-order valence-electron chi connectivity index (χ2n) is 7.81. The van der Waals surface area contributed by atoms with Crippen LogP contribution in [-0.4, -0.2) is 42.0 Å². The molecule has 2 aromatic carbocycles. The molecule has 1 amide bonds. The van der Waals surface area contributed by atoms with Crippen LogP contribution in [0.15, 0.2) is 36.4 Å². The third-order valence-corrected chi connectivity index (χ3v) is 6.22. The lowest BCUT2D eigenvalue weighted by Crippen LogP contribution is -2.43. The third kappa shape index (κ3) is 3.21. The molecule has 5 rings (SSSR count). The number of hydrogen-bond donors (Lipinski definition) is 1. The lowest BCUT2D eigenvalue weighted by molar-refractivity contribution is -0.137. The molecule has 0 saturated heterocycles. The van der Waals surface area contributed by atoms with Crippen LogP contribution in [0.1, 0.15) is 27.2 Å². The Morgan fingerprint density at radius 1 is 1.23 bits per heavy atom. The molecule has 7 heteroatoms. The van der Waals surface area contributed by atoms with Crippen LogP contribution >= 0.6 is 11.6 Å². The first-order valence-electron chi connectivity index (χ1n) is 9.95. The van der Waals surface area contributed by atoms with E-state index in [1.54, 1.807) is 12.1 Å². The van der Waals surface area contributed by atoms with Crippen molar-refractivity contribution in [2.75, 3.05) is 20.3 Å². The number of hydrogen-bond acceptors (Lipinski definition) is 4. The van der Waals surface area contributed by atoms with Gasteiger partial charge in [0.05, 0.1) is 18.6 Å². The maximum absolute atomic E-state index is 13.3. The molecule has 0 aliphatic carbocycles. The molecule has 30 heavy (non-hydrogen) atoms. The number of esters is 1. The minimum atomic E-state index is -0.368. The SMILES string of the molecule is COC(=O)c1ccc2[nH]c3c(c2c1)CN(C(=O)C1COc2ccc(Cl)cc2C1)CC3. The van der Waals surface area contributed by atoms with E-state index >= 15 is 0 Å². The highest BCUT2D eigenvalue weighted by Gasteiger charge is 2.32. The van der Waals surface area contributed by atoms with Crippen molar-refractivity contribution in [1.82, 2.24) is 9.88 Å². The highest BCUT2D eigenvalue weighted by Crippen LogP contribution is 2.33. The Kier molecular flexibility index (Phi) is 4.66. The van der Waals surface area contributed by atoms with E-state index in [9.17, 15) is 9.59 Å². The van der Waals surface area contributed by atoms with Gasteiger partial charge in [0.2, 0.25) is 5.91 Å². The third-order valence-electron chi connectivity index (χ3n) is 5.99. The van der Waals surface area contributed by atoms with Gasteiger partial charge in [0, 0.05) is 46.7 Å². The molecule has 1 atom stereocenters. The number of fused-ring (bicyclic) bond motifs is 4. The number of nitrogens with one attached hydrogen (secondary N) is 1. The number of nitrogens with zero attached hydrogens (tertiary/aromatic N) is 1. The molecule has 0 radical (unpaired) electrons. The number of carbonyl (C=O) groups is 2. The predicted octanol–water partition coefficient (Wildman–Crippen LogP) is 3.74. The van der Waals surface area contributed by atoms with Gasteiger partial charge >= 0.3 is 5.97 Å². The van der Waals surface area contributed by atoms with E-state index in [0.717, 1.165) is 39.9 Å². The van der Waals surface area contributed by atoms with Crippen LogP contribution in [0.25, 0.3) is 10.9 Å². The molecular formula is C23H21ClN2O4. The minimum absolute atomic E-state index is 0.0877. The van der Waals surface area contributed by atoms with Gasteiger partial charge in [0.15, 0.2) is 0 Å². The first-order valence-corrected chi connectivity index (χ1v) is 10.3. The van der Waals surface area contributed by atoms with Crippen LogP contribution in [0.2, 0.25) is 5.02 Å². The van der Waals surface area contributed by atoms with E-state index in [0.29, 0.717) is 36.7 Å². The largest absolute Gasteiger partial charge is 0.492 e. The van der Waals surface area contributed by atoms with Crippen molar-refractivity contribution < 1.29 is 19.1 Å². The van der Waals surface area contributed by atoms with Crippen LogP contribution < -0.4 is 4.74 Å². The number of rotatable bonds is 2. The normalized spacial score (nSPS) is 17.8. The number of amides is 1. The van der Waals surface area contributed by atoms with Crippen LogP contribution in [0.4, 0.5) is 0 Å². The zero-order chi connectivity index (χ0) is 20.8. The maximum Gasteiger partial charge on any atom is 0.337 e. The molecule has 0 bridgehead atoms. The van der Waals surface area contributed by atoms with Crippen molar-refractivity contribution in [3.05, 3.63) is 63.8 Å². The van der Waals surface area contributed by atoms with Crippen molar-refractivity contribution in [2.24, 2.45) is 5.92 Å². The van der Waals surface area contributed by atoms with E-state index in [2.05, 4.69) is 4.98 Å². The van der Waals surface area contributed by atoms with Crippen LogP contribution in [-0.2, 0) is 28.9 Å². The number of carbonyl (C=O) groups excluding carboxylic acids is 2. The average Bonchev–Trinajstić information content (AvgIpc) is 3.14. The summed E-state index contributed by atoms with van der Waals surface area (Å²) in [6.07, 6.45) is 1.37. The lowest BCUT2D eigenvalue weighted by Gasteiger charge is -2.32. The average molecular weight is 425 g/mol. The van der Waals surface area contributed by atoms with Gasteiger partial charge in [-0.25, -0.2) is 4.79 Å². The van der Waals surface area contributed by atoms with Gasteiger partial charge in [0.1, 0.15) is 12.4 Å². The standard InChI is InChI=1S/C23H21ClN2O4/c1-29-23(28)13-2-4-19-17(10-13)18-11-26(7-6-20(18)25-19)22(27)15-8-14-9-16(24)3-5-21(14)30-12-15/h2-5,9-10,15,25H,6-8,11-12H2,1H3. The number of aromatic amines is 1. The van der Waals surface area contributed by atoms with Gasteiger partial charge in [0.25, 0.3) is 0 Å². The second kappa shape index (κ2) is 7.36. The highest BCUT2D eigenvalue weighted by atomic mass is 35.5. The van der Waals surface area contributed by atoms with E-state index in [4.69, 9.17) is 21.1 Å². The summed E-state index contributed by atoms with van der Waals surface area (Å²) in [5.41, 5.74) is 4.62. The van der Waals surface area contributed by atoms with Gasteiger partial charge in [-0.3, -0.25) is 4.79 Å². The first-order chi connectivity index (χ1) is 14.5. The molecule has 154 valence electrons. The molecule has 1 unspecified atom stereocenters. The fourth-order valence-corrected chi connectivity index (χ4v) is 4.62. The molecule has 2 aliphatic heterocycles. The Labute approximate surface area is 178 Å². The summed E-state index contributed by atoms with van der Waals surface area (Å²) < 4.78 is 10.7. The van der Waals surface area contributed by atoms with Gasteiger partial charge < -0.3 is 19.4 Å². The van der Waals surface area contributed by atoms with Gasteiger partial charge in [-0.2, -0.15) is 0 Å². The number of H-pyrrole nitrogens is 1. The molecule has 0 fully saturated rings. The number of ether oxygens (including phenoxy) is 2. The Balaban J connectivity index is 1.40. The van der Waals surface area contributed by atoms with E-state index in [1.165, 1.54) is 7.11 Å². The van der Waals surface area contributed by atoms with Crippen molar-refractivity contribution >= 4 is 34.4 Å². The summed E-state index contributed by atoms with van der Waals surface area (Å²) in [5.74, 6) is 0.293. The quantitative estimate of drug-likeness (QED) is 0.636. The number of halogens is 1. The summed E-state index contributed by atoms with van der Waals surface area (Å²) in [4.78, 5) is 30.5. The minimum Gasteiger partial charge on any atom is -0.492 e. The monoisotopic (exact) mass is 424 g/mol. The van der Waals surface area contributed by atoms with Gasteiger partial charge in [-0.1, -0.05) is 11.6 Å². The van der Waals surface area contributed by atoms with E-state index < -0.39 is 0 Å². The summed E-state index contributed by atoms with van der Waals surface area (Å²) >= 11 is 6.11. The molecule has 1 aromatic heterocycles. The van der Waals surface area contributed by atoms with Crippen molar-refractivity contribution in [3.63, 3.8) is 0 Å². The zero-order valence-corrected chi connectivity index (χ0v) is 17.3. The van der Waals surface area contributed by atoms with Crippen LogP contribution in [0.5, 0.6) is 5.75 Å². The zero-order valence-electron chi connectivity index (χ0n) is 16.5. The summed E-state index contributed by atoms with van der Waals surface area (Å²) in [5, 5.41) is 1.61. The Hall–Kier alpha value is -2.99. The van der Waals surface area contributed by atoms with E-state index in [1.807, 2.05) is 29.2 Å². The number of aromatic nitrogens is 1. The summed E-state index contributed by atoms with van der Waals surface area (Å²) in [7, 11) is 1.37. The Bertz CT molecular complexity index is 1170. The Morgan fingerprint density at radius 3 is 2.93 bits per heavy atom. The maximum atomic E-state index is 13.3. The second-order valence-corrected chi connectivity index (χ2v) is 8.24. The van der Waals surface area contributed by atoms with Crippen molar-refractivity contribution in [1.29, 1.82) is 0 Å². The molecule has 0 spiro atoms. The molecule has 3 aromatic rings. The van der Waals surface area contributed by atoms with E-state index in [-0.39, 0.29) is 17.8 Å². The summed E-state index contributed by atoms with van der Waals surface area (Å²) in [6.45, 7) is 1.54. The lowest BCUT2D eigenvalue weighted by atomic mass is 9.94. The molecule has 3 heterocycles. The molecule has 6 nitrogen and oxygen atoms in total. The Morgan fingerprint density at radius 2 is 2.10 bits per heavy atom. The van der Waals surface area contributed by atoms with Gasteiger partial charge in [-0.15, -0.1) is 0 Å². The fourth-order valence-electron chi connectivity index (χ4n) is 4.43. The predicted molar refractivity (Wildman–Crippen MR) is 113 cm³/mol. The van der Waals surface area contributed by atoms with Crippen LogP contribution in [0, 0.1) is 5.92 Å². The first kappa shape index (κ1) is 19.0. The fraction of sp³-hybridized carbons (Fsp3) is 0.304. The number of benzene rings is 2. The summed E-state index contributed by atoms with van der Waals surface area (Å²) in [6, 6.07) is 11.0. The van der Waals surface area contributed by atoms with Crippen molar-refractivity contribution in [2.45, 2.75) is 19.4 Å². The van der Waals surface area contributed by atoms with Gasteiger partial charge in [-0.05, 0) is 48.4 Å².